The molecule has 0 bridgehead atoms. The number of anilines is 1. The average Bonchev–Trinajstić information content (AvgIpc) is 3.12. The van der Waals surface area contributed by atoms with Gasteiger partial charge in [0.1, 0.15) is 9.96 Å². The van der Waals surface area contributed by atoms with Crippen LogP contribution in [0.3, 0.4) is 0 Å². The summed E-state index contributed by atoms with van der Waals surface area (Å²) in [5.41, 5.74) is 1.39. The van der Waals surface area contributed by atoms with E-state index in [9.17, 15) is 13.2 Å². The summed E-state index contributed by atoms with van der Waals surface area (Å²) >= 11 is 1.11. The third-order valence-electron chi connectivity index (χ3n) is 3.76. The van der Waals surface area contributed by atoms with Crippen LogP contribution in [0.1, 0.15) is 17.4 Å². The molecule has 0 atom stereocenters. The molecule has 3 rings (SSSR count). The summed E-state index contributed by atoms with van der Waals surface area (Å²) in [5.74, 6) is 0.866. The number of hydrogen-bond donors (Lipinski definition) is 2. The largest absolute Gasteiger partial charge is 0.455 e. The van der Waals surface area contributed by atoms with Gasteiger partial charge in [-0.15, -0.1) is 11.3 Å². The Morgan fingerprint density at radius 3 is 2.61 bits per heavy atom. The van der Waals surface area contributed by atoms with Gasteiger partial charge in [-0.3, -0.25) is 9.52 Å². The highest BCUT2D eigenvalue weighted by Gasteiger charge is 2.19. The molecule has 0 unspecified atom stereocenters. The monoisotopic (exact) mass is 416 g/mol. The first kappa shape index (κ1) is 19.9. The SMILES string of the molecule is CC(=O)NCc1ccc(S(=O)(=O)Nc2ccccc2Oc2cccc(C)c2)s1. The minimum Gasteiger partial charge on any atom is -0.455 e. The van der Waals surface area contributed by atoms with Crippen molar-refractivity contribution < 1.29 is 17.9 Å². The zero-order chi connectivity index (χ0) is 20.1. The number of thiophene rings is 1. The highest BCUT2D eigenvalue weighted by atomic mass is 32.2. The van der Waals surface area contributed by atoms with E-state index in [4.69, 9.17) is 4.74 Å². The van der Waals surface area contributed by atoms with Crippen LogP contribution < -0.4 is 14.8 Å². The quantitative estimate of drug-likeness (QED) is 0.602. The van der Waals surface area contributed by atoms with Crippen LogP contribution in [0.2, 0.25) is 0 Å². The van der Waals surface area contributed by atoms with E-state index in [1.54, 1.807) is 30.3 Å². The number of carbonyl (C=O) groups excluding carboxylic acids is 1. The number of sulfonamides is 1. The van der Waals surface area contributed by atoms with Gasteiger partial charge in [-0.2, -0.15) is 0 Å². The summed E-state index contributed by atoms with van der Waals surface area (Å²) in [6, 6.07) is 17.6. The summed E-state index contributed by atoms with van der Waals surface area (Å²) < 4.78 is 34.2. The predicted octanol–water partition coefficient (Wildman–Crippen LogP) is 4.29. The van der Waals surface area contributed by atoms with Crippen LogP contribution in [-0.4, -0.2) is 14.3 Å². The lowest BCUT2D eigenvalue weighted by atomic mass is 10.2. The van der Waals surface area contributed by atoms with E-state index >= 15 is 0 Å². The van der Waals surface area contributed by atoms with E-state index in [2.05, 4.69) is 10.0 Å². The van der Waals surface area contributed by atoms with Crippen molar-refractivity contribution in [1.82, 2.24) is 5.32 Å². The molecule has 0 spiro atoms. The number of hydrogen-bond acceptors (Lipinski definition) is 5. The Morgan fingerprint density at radius 2 is 1.86 bits per heavy atom. The van der Waals surface area contributed by atoms with Crippen molar-refractivity contribution in [3.8, 4) is 11.5 Å². The van der Waals surface area contributed by atoms with Crippen LogP contribution >= 0.6 is 11.3 Å². The lowest BCUT2D eigenvalue weighted by Gasteiger charge is -2.13. The smallest absolute Gasteiger partial charge is 0.271 e. The molecule has 2 aromatic carbocycles. The van der Waals surface area contributed by atoms with Crippen LogP contribution in [0.5, 0.6) is 11.5 Å². The third-order valence-corrected chi connectivity index (χ3v) is 6.70. The third kappa shape index (κ3) is 5.11. The van der Waals surface area contributed by atoms with Crippen LogP contribution in [0.15, 0.2) is 64.9 Å². The summed E-state index contributed by atoms with van der Waals surface area (Å²) in [4.78, 5) is 11.8. The van der Waals surface area contributed by atoms with Crippen molar-refractivity contribution in [2.45, 2.75) is 24.6 Å². The predicted molar refractivity (Wildman–Crippen MR) is 110 cm³/mol. The molecule has 3 aromatic rings. The van der Waals surface area contributed by atoms with Crippen molar-refractivity contribution >= 4 is 33.0 Å². The number of carbonyl (C=O) groups is 1. The van der Waals surface area contributed by atoms with E-state index in [0.29, 0.717) is 23.7 Å². The summed E-state index contributed by atoms with van der Waals surface area (Å²) in [6.45, 7) is 3.66. The van der Waals surface area contributed by atoms with Gasteiger partial charge in [-0.05, 0) is 48.9 Å². The van der Waals surface area contributed by atoms with E-state index in [0.717, 1.165) is 21.8 Å². The fourth-order valence-electron chi connectivity index (χ4n) is 2.45. The number of ether oxygens (including phenoxy) is 1. The molecule has 0 aliphatic rings. The zero-order valence-electron chi connectivity index (χ0n) is 15.4. The number of rotatable bonds is 7. The lowest BCUT2D eigenvalue weighted by molar-refractivity contribution is -0.119. The number of benzene rings is 2. The van der Waals surface area contributed by atoms with Gasteiger partial charge in [0.15, 0.2) is 5.75 Å². The fraction of sp³-hybridized carbons (Fsp3) is 0.150. The van der Waals surface area contributed by atoms with Gasteiger partial charge in [0, 0.05) is 11.8 Å². The molecule has 0 radical (unpaired) electrons. The van der Waals surface area contributed by atoms with Crippen molar-refractivity contribution in [2.75, 3.05) is 4.72 Å². The first-order valence-electron chi connectivity index (χ1n) is 8.53. The van der Waals surface area contributed by atoms with Gasteiger partial charge < -0.3 is 10.1 Å². The molecule has 146 valence electrons. The van der Waals surface area contributed by atoms with Gasteiger partial charge >= 0.3 is 0 Å². The Balaban J connectivity index is 1.80. The van der Waals surface area contributed by atoms with Gasteiger partial charge in [-0.1, -0.05) is 24.3 Å². The van der Waals surface area contributed by atoms with Crippen molar-refractivity contribution in [3.05, 3.63) is 71.1 Å². The first-order valence-corrected chi connectivity index (χ1v) is 10.8. The maximum atomic E-state index is 12.8. The van der Waals surface area contributed by atoms with Crippen LogP contribution in [0.25, 0.3) is 0 Å². The minimum atomic E-state index is -3.78. The lowest BCUT2D eigenvalue weighted by Crippen LogP contribution is -2.18. The molecule has 0 aliphatic heterocycles. The Hall–Kier alpha value is -2.84. The van der Waals surface area contributed by atoms with Gasteiger partial charge in [0.2, 0.25) is 5.91 Å². The van der Waals surface area contributed by atoms with Gasteiger partial charge in [0.25, 0.3) is 10.0 Å². The molecular formula is C20H20N2O4S2. The summed E-state index contributed by atoms with van der Waals surface area (Å²) in [7, 11) is -3.78. The molecule has 0 aliphatic carbocycles. The Labute approximate surface area is 168 Å². The molecule has 1 aromatic heterocycles. The molecular weight excluding hydrogens is 396 g/mol. The summed E-state index contributed by atoms with van der Waals surface area (Å²) in [5, 5.41) is 2.65. The molecule has 6 nitrogen and oxygen atoms in total. The van der Waals surface area contributed by atoms with Gasteiger partial charge in [-0.25, -0.2) is 8.42 Å². The number of para-hydroxylation sites is 2. The molecule has 0 saturated carbocycles. The maximum Gasteiger partial charge on any atom is 0.271 e. The van der Waals surface area contributed by atoms with E-state index < -0.39 is 10.0 Å². The van der Waals surface area contributed by atoms with E-state index in [1.807, 2.05) is 31.2 Å². The Morgan fingerprint density at radius 1 is 1.07 bits per heavy atom. The number of nitrogens with one attached hydrogen (secondary N) is 2. The normalized spacial score (nSPS) is 11.1. The van der Waals surface area contributed by atoms with Crippen molar-refractivity contribution in [2.24, 2.45) is 0 Å². The van der Waals surface area contributed by atoms with Crippen molar-refractivity contribution in [3.63, 3.8) is 0 Å². The standard InChI is InChI=1S/C20H20N2O4S2/c1-14-6-5-7-16(12-14)26-19-9-4-3-8-18(19)22-28(24,25)20-11-10-17(27-20)13-21-15(2)23/h3-12,22H,13H2,1-2H3,(H,21,23). The highest BCUT2D eigenvalue weighted by molar-refractivity contribution is 7.94. The molecule has 8 heteroatoms. The molecule has 2 N–H and O–H groups in total. The highest BCUT2D eigenvalue weighted by Crippen LogP contribution is 2.32. The molecule has 28 heavy (non-hydrogen) atoms. The zero-order valence-corrected chi connectivity index (χ0v) is 17.1. The number of amides is 1. The van der Waals surface area contributed by atoms with Crippen molar-refractivity contribution in [1.29, 1.82) is 0 Å². The molecule has 0 fully saturated rings. The second-order valence-corrected chi connectivity index (χ2v) is 9.23. The molecule has 0 saturated heterocycles. The van der Waals surface area contributed by atoms with E-state index in [1.165, 1.54) is 13.0 Å². The number of aryl methyl sites for hydroxylation is 1. The topological polar surface area (TPSA) is 84.5 Å². The first-order chi connectivity index (χ1) is 13.3. The Kier molecular flexibility index (Phi) is 6.01. The second kappa shape index (κ2) is 8.45. The van der Waals surface area contributed by atoms with Crippen LogP contribution in [0.4, 0.5) is 5.69 Å². The fourth-order valence-corrected chi connectivity index (χ4v) is 4.82. The second-order valence-electron chi connectivity index (χ2n) is 6.15. The molecule has 1 amide bonds. The van der Waals surface area contributed by atoms with E-state index in [-0.39, 0.29) is 10.1 Å². The summed E-state index contributed by atoms with van der Waals surface area (Å²) in [6.07, 6.45) is 0. The maximum absolute atomic E-state index is 12.8. The molecule has 1 heterocycles. The van der Waals surface area contributed by atoms with Gasteiger partial charge in [0.05, 0.1) is 12.2 Å². The Bertz CT molecular complexity index is 1090. The van der Waals surface area contributed by atoms with Crippen LogP contribution in [-0.2, 0) is 21.4 Å². The minimum absolute atomic E-state index is 0.165. The van der Waals surface area contributed by atoms with Crippen LogP contribution in [0, 0.1) is 6.92 Å². The average molecular weight is 417 g/mol.